The number of carbonyl (C=O) groups excluding carboxylic acids is 1. The number of aromatic hydroxyl groups is 2. The molecule has 3 rings (SSSR count). The highest BCUT2D eigenvalue weighted by molar-refractivity contribution is 6.05. The zero-order valence-electron chi connectivity index (χ0n) is 12.2. The van der Waals surface area contributed by atoms with Crippen molar-refractivity contribution in [3.8, 4) is 17.2 Å². The van der Waals surface area contributed by atoms with Crippen molar-refractivity contribution in [3.05, 3.63) is 41.2 Å². The monoisotopic (exact) mass is 320 g/mol. The van der Waals surface area contributed by atoms with Gasteiger partial charge in [0, 0.05) is 18.1 Å². The molecule has 0 spiro atoms. The van der Waals surface area contributed by atoms with Crippen molar-refractivity contribution in [3.63, 3.8) is 0 Å². The molecule has 1 aliphatic carbocycles. The molecule has 7 nitrogen and oxygen atoms in total. The number of rotatable bonds is 1. The number of ether oxygens (including phenoxy) is 1. The molecule has 0 aromatic heterocycles. The fourth-order valence-electron chi connectivity index (χ4n) is 2.81. The van der Waals surface area contributed by atoms with Crippen LogP contribution >= 0.6 is 0 Å². The van der Waals surface area contributed by atoms with Crippen molar-refractivity contribution in [2.75, 3.05) is 0 Å². The third-order valence-electron chi connectivity index (χ3n) is 4.02. The lowest BCUT2D eigenvalue weighted by Crippen LogP contribution is -2.44. The molecule has 1 aromatic rings. The number of phenols is 2. The molecule has 0 saturated heterocycles. The Hall–Kier alpha value is -2.51. The van der Waals surface area contributed by atoms with Crippen LogP contribution in [0.25, 0.3) is 0 Å². The molecule has 0 bridgehead atoms. The summed E-state index contributed by atoms with van der Waals surface area (Å²) in [6, 6.07) is 2.15. The smallest absolute Gasteiger partial charge is 0.202 e. The summed E-state index contributed by atoms with van der Waals surface area (Å²) >= 11 is 0. The molecular weight excluding hydrogens is 304 g/mol. The second kappa shape index (κ2) is 5.29. The standard InChI is InChI=1S/C16H16O7/c1-6-2-7(3-10(19)13(6)20)16-15(22)14(21)12-9(18)4-8(17)5-11(12)23-16/h2-6,13,15-20,22H,1H3. The minimum absolute atomic E-state index is 0.0598. The van der Waals surface area contributed by atoms with Crippen LogP contribution in [0.15, 0.2) is 35.6 Å². The van der Waals surface area contributed by atoms with Crippen LogP contribution in [0.3, 0.4) is 0 Å². The van der Waals surface area contributed by atoms with Gasteiger partial charge in [-0.3, -0.25) is 4.79 Å². The normalized spacial score (nSPS) is 30.1. The molecule has 5 N–H and O–H groups in total. The number of benzene rings is 1. The van der Waals surface area contributed by atoms with Gasteiger partial charge in [-0.15, -0.1) is 0 Å². The highest BCUT2D eigenvalue weighted by Gasteiger charge is 2.41. The molecule has 0 amide bonds. The first-order chi connectivity index (χ1) is 10.8. The van der Waals surface area contributed by atoms with Gasteiger partial charge < -0.3 is 30.3 Å². The first-order valence-electron chi connectivity index (χ1n) is 7.05. The van der Waals surface area contributed by atoms with Gasteiger partial charge in [0.25, 0.3) is 0 Å². The predicted molar refractivity (Wildman–Crippen MR) is 78.5 cm³/mol. The summed E-state index contributed by atoms with van der Waals surface area (Å²) in [5, 5.41) is 49.0. The Morgan fingerprint density at radius 1 is 1.09 bits per heavy atom. The SMILES string of the molecule is CC1C=C(C2Oc3cc(O)cc(O)c3C(=O)C2O)C=C(O)C1O. The zero-order chi connectivity index (χ0) is 16.9. The summed E-state index contributed by atoms with van der Waals surface area (Å²) in [5.74, 6) is -2.30. The summed E-state index contributed by atoms with van der Waals surface area (Å²) in [4.78, 5) is 12.3. The maximum absolute atomic E-state index is 12.3. The lowest BCUT2D eigenvalue weighted by Gasteiger charge is -2.33. The van der Waals surface area contributed by atoms with E-state index in [-0.39, 0.29) is 22.8 Å². The zero-order valence-corrected chi connectivity index (χ0v) is 12.2. The van der Waals surface area contributed by atoms with E-state index in [0.29, 0.717) is 5.57 Å². The molecular formula is C16H16O7. The molecule has 2 aliphatic rings. The number of ketones is 1. The maximum Gasteiger partial charge on any atom is 0.202 e. The van der Waals surface area contributed by atoms with Crippen molar-refractivity contribution in [2.45, 2.75) is 25.2 Å². The van der Waals surface area contributed by atoms with Gasteiger partial charge in [-0.25, -0.2) is 0 Å². The maximum atomic E-state index is 12.3. The van der Waals surface area contributed by atoms with Gasteiger partial charge >= 0.3 is 0 Å². The molecule has 23 heavy (non-hydrogen) atoms. The molecule has 0 saturated carbocycles. The number of aliphatic hydroxyl groups excluding tert-OH is 3. The number of Topliss-reactive ketones (excluding diaryl/α,β-unsaturated/α-hetero) is 1. The van der Waals surface area contributed by atoms with Crippen molar-refractivity contribution in [1.29, 1.82) is 0 Å². The predicted octanol–water partition coefficient (Wildman–Crippen LogP) is 0.781. The minimum atomic E-state index is -1.59. The minimum Gasteiger partial charge on any atom is -0.510 e. The Balaban J connectivity index is 2.03. The van der Waals surface area contributed by atoms with Gasteiger partial charge in [0.1, 0.15) is 34.7 Å². The van der Waals surface area contributed by atoms with Crippen LogP contribution in [0.5, 0.6) is 17.2 Å². The molecule has 1 aliphatic heterocycles. The van der Waals surface area contributed by atoms with E-state index in [1.165, 1.54) is 6.08 Å². The lowest BCUT2D eigenvalue weighted by molar-refractivity contribution is 0.0335. The Labute approximate surface area is 131 Å². The Kier molecular flexibility index (Phi) is 3.54. The van der Waals surface area contributed by atoms with E-state index in [1.807, 2.05) is 0 Å². The van der Waals surface area contributed by atoms with Crippen LogP contribution in [0.4, 0.5) is 0 Å². The highest BCUT2D eigenvalue weighted by atomic mass is 16.5. The fraction of sp³-hybridized carbons (Fsp3) is 0.312. The molecule has 4 unspecified atom stereocenters. The first-order valence-corrected chi connectivity index (χ1v) is 7.05. The Morgan fingerprint density at radius 2 is 1.78 bits per heavy atom. The first kappa shape index (κ1) is 15.4. The van der Waals surface area contributed by atoms with Gasteiger partial charge in [0.15, 0.2) is 12.2 Å². The van der Waals surface area contributed by atoms with E-state index in [4.69, 9.17) is 4.74 Å². The largest absolute Gasteiger partial charge is 0.510 e. The van der Waals surface area contributed by atoms with Crippen molar-refractivity contribution in [1.82, 2.24) is 0 Å². The average Bonchev–Trinajstić information content (AvgIpc) is 2.47. The van der Waals surface area contributed by atoms with Crippen LogP contribution < -0.4 is 4.74 Å². The molecule has 122 valence electrons. The third kappa shape index (κ3) is 2.43. The number of fused-ring (bicyclic) bond motifs is 1. The molecule has 7 heteroatoms. The fourth-order valence-corrected chi connectivity index (χ4v) is 2.81. The Morgan fingerprint density at radius 3 is 2.43 bits per heavy atom. The summed E-state index contributed by atoms with van der Waals surface area (Å²) in [6.07, 6.45) is -0.946. The van der Waals surface area contributed by atoms with E-state index in [2.05, 4.69) is 0 Å². The van der Waals surface area contributed by atoms with Gasteiger partial charge in [-0.2, -0.15) is 0 Å². The van der Waals surface area contributed by atoms with Gasteiger partial charge in [0.05, 0.1) is 0 Å². The van der Waals surface area contributed by atoms with E-state index in [0.717, 1.165) is 12.1 Å². The van der Waals surface area contributed by atoms with Crippen LogP contribution in [0.2, 0.25) is 0 Å². The molecule has 4 atom stereocenters. The molecule has 0 fully saturated rings. The van der Waals surface area contributed by atoms with Crippen molar-refractivity contribution < 1.29 is 35.1 Å². The third-order valence-corrected chi connectivity index (χ3v) is 4.02. The lowest BCUT2D eigenvalue weighted by atomic mass is 9.86. The van der Waals surface area contributed by atoms with E-state index in [1.54, 1.807) is 13.0 Å². The average molecular weight is 320 g/mol. The van der Waals surface area contributed by atoms with E-state index in [9.17, 15) is 30.3 Å². The van der Waals surface area contributed by atoms with E-state index < -0.39 is 35.8 Å². The van der Waals surface area contributed by atoms with Crippen LogP contribution in [0.1, 0.15) is 17.3 Å². The van der Waals surface area contributed by atoms with Gasteiger partial charge in [-0.1, -0.05) is 13.0 Å². The summed E-state index contributed by atoms with van der Waals surface area (Å²) in [7, 11) is 0. The van der Waals surface area contributed by atoms with E-state index >= 15 is 0 Å². The van der Waals surface area contributed by atoms with Crippen LogP contribution in [-0.4, -0.2) is 49.6 Å². The molecule has 0 radical (unpaired) electrons. The molecule has 1 aromatic carbocycles. The van der Waals surface area contributed by atoms with Crippen molar-refractivity contribution in [2.24, 2.45) is 5.92 Å². The number of hydrogen-bond donors (Lipinski definition) is 5. The second-order valence-electron chi connectivity index (χ2n) is 5.73. The topological polar surface area (TPSA) is 127 Å². The quantitative estimate of drug-likeness (QED) is 0.517. The van der Waals surface area contributed by atoms with Crippen LogP contribution in [-0.2, 0) is 0 Å². The van der Waals surface area contributed by atoms with Crippen molar-refractivity contribution >= 4 is 5.78 Å². The van der Waals surface area contributed by atoms with Gasteiger partial charge in [-0.05, 0) is 11.6 Å². The summed E-state index contributed by atoms with van der Waals surface area (Å²) in [6.45, 7) is 1.66. The van der Waals surface area contributed by atoms with Crippen LogP contribution in [0, 0.1) is 5.92 Å². The highest BCUT2D eigenvalue weighted by Crippen LogP contribution is 2.40. The number of carbonyl (C=O) groups is 1. The molecule has 1 heterocycles. The number of aliphatic hydroxyl groups is 3. The number of phenolic OH excluding ortho intramolecular Hbond substituents is 2. The number of hydrogen-bond acceptors (Lipinski definition) is 7. The second-order valence-corrected chi connectivity index (χ2v) is 5.73. The van der Waals surface area contributed by atoms with Gasteiger partial charge in [0.2, 0.25) is 5.78 Å². The summed E-state index contributed by atoms with van der Waals surface area (Å²) in [5.41, 5.74) is 0.124. The Bertz CT molecular complexity index is 734. The summed E-state index contributed by atoms with van der Waals surface area (Å²) < 4.78 is 5.55.